The van der Waals surface area contributed by atoms with Crippen molar-refractivity contribution < 1.29 is 14.7 Å². The van der Waals surface area contributed by atoms with Crippen LogP contribution in [0.4, 0.5) is 11.4 Å². The number of rotatable bonds is 2. The van der Waals surface area contributed by atoms with E-state index in [4.69, 9.17) is 10.8 Å². The summed E-state index contributed by atoms with van der Waals surface area (Å²) in [4.78, 5) is 21.5. The predicted molar refractivity (Wildman–Crippen MR) is 52.1 cm³/mol. The molecule has 0 aliphatic rings. The first kappa shape index (κ1) is 10.0. The molecule has 1 aromatic rings. The standard InChI is InChI=1S/C9H10N2O3/c1-5(12)11-8-3-2-6(10)4-7(8)9(13)14/h2-4H,10H2,1H3,(H,11,12)(H,13,14). The minimum atomic E-state index is -1.12. The number of anilines is 2. The second-order valence-electron chi connectivity index (χ2n) is 2.79. The molecule has 0 aliphatic heterocycles. The van der Waals surface area contributed by atoms with Gasteiger partial charge in [0.15, 0.2) is 0 Å². The van der Waals surface area contributed by atoms with Gasteiger partial charge in [0.2, 0.25) is 5.91 Å². The molecule has 1 rings (SSSR count). The Morgan fingerprint density at radius 2 is 2.07 bits per heavy atom. The number of amides is 1. The fourth-order valence-corrected chi connectivity index (χ4v) is 1.04. The molecule has 0 saturated heterocycles. The molecule has 0 atom stereocenters. The minimum absolute atomic E-state index is 0.0137. The third-order valence-corrected chi connectivity index (χ3v) is 1.58. The number of carboxylic acids is 1. The molecule has 4 N–H and O–H groups in total. The summed E-state index contributed by atoms with van der Waals surface area (Å²) >= 11 is 0. The lowest BCUT2D eigenvalue weighted by molar-refractivity contribution is -0.114. The van der Waals surface area contributed by atoms with Gasteiger partial charge in [-0.05, 0) is 18.2 Å². The van der Waals surface area contributed by atoms with Crippen molar-refractivity contribution in [3.8, 4) is 0 Å². The molecular weight excluding hydrogens is 184 g/mol. The molecule has 74 valence electrons. The number of nitrogens with two attached hydrogens (primary N) is 1. The monoisotopic (exact) mass is 194 g/mol. The van der Waals surface area contributed by atoms with E-state index in [0.717, 1.165) is 0 Å². The maximum atomic E-state index is 10.7. The van der Waals surface area contributed by atoms with Crippen LogP contribution in [0.2, 0.25) is 0 Å². The van der Waals surface area contributed by atoms with Gasteiger partial charge in [0, 0.05) is 12.6 Å². The zero-order valence-electron chi connectivity index (χ0n) is 7.57. The van der Waals surface area contributed by atoms with E-state index >= 15 is 0 Å². The molecule has 0 heterocycles. The van der Waals surface area contributed by atoms with Gasteiger partial charge in [-0.2, -0.15) is 0 Å². The molecule has 0 radical (unpaired) electrons. The minimum Gasteiger partial charge on any atom is -0.478 e. The number of hydrogen-bond donors (Lipinski definition) is 3. The van der Waals surface area contributed by atoms with Gasteiger partial charge in [-0.3, -0.25) is 4.79 Å². The van der Waals surface area contributed by atoms with Crippen molar-refractivity contribution in [1.82, 2.24) is 0 Å². The maximum Gasteiger partial charge on any atom is 0.337 e. The first-order valence-electron chi connectivity index (χ1n) is 3.91. The molecule has 5 nitrogen and oxygen atoms in total. The predicted octanol–water partition coefficient (Wildman–Crippen LogP) is 0.925. The van der Waals surface area contributed by atoms with Crippen LogP contribution in [0.15, 0.2) is 18.2 Å². The van der Waals surface area contributed by atoms with E-state index in [1.54, 1.807) is 0 Å². The van der Waals surface area contributed by atoms with Crippen LogP contribution in [-0.4, -0.2) is 17.0 Å². The number of benzene rings is 1. The van der Waals surface area contributed by atoms with E-state index in [9.17, 15) is 9.59 Å². The zero-order valence-corrected chi connectivity index (χ0v) is 7.57. The summed E-state index contributed by atoms with van der Waals surface area (Å²) in [5.41, 5.74) is 6.00. The van der Waals surface area contributed by atoms with Crippen LogP contribution >= 0.6 is 0 Å². The second-order valence-corrected chi connectivity index (χ2v) is 2.79. The second kappa shape index (κ2) is 3.78. The quantitative estimate of drug-likeness (QED) is 0.610. The molecular formula is C9H10N2O3. The molecule has 14 heavy (non-hydrogen) atoms. The van der Waals surface area contributed by atoms with Gasteiger partial charge in [-0.15, -0.1) is 0 Å². The number of nitrogens with one attached hydrogen (secondary N) is 1. The van der Waals surface area contributed by atoms with Crippen molar-refractivity contribution in [3.05, 3.63) is 23.8 Å². The van der Waals surface area contributed by atoms with E-state index in [-0.39, 0.29) is 17.2 Å². The van der Waals surface area contributed by atoms with Crippen LogP contribution in [0.5, 0.6) is 0 Å². The van der Waals surface area contributed by atoms with Crippen LogP contribution in [0.1, 0.15) is 17.3 Å². The van der Waals surface area contributed by atoms with E-state index in [2.05, 4.69) is 5.32 Å². The van der Waals surface area contributed by atoms with Gasteiger partial charge < -0.3 is 16.2 Å². The van der Waals surface area contributed by atoms with E-state index < -0.39 is 5.97 Å². The third kappa shape index (κ3) is 2.22. The van der Waals surface area contributed by atoms with E-state index in [0.29, 0.717) is 5.69 Å². The Kier molecular flexibility index (Phi) is 2.71. The number of carbonyl (C=O) groups is 2. The molecule has 0 saturated carbocycles. The Hall–Kier alpha value is -2.04. The van der Waals surface area contributed by atoms with Gasteiger partial charge in [0.1, 0.15) is 0 Å². The van der Waals surface area contributed by atoms with Gasteiger partial charge >= 0.3 is 5.97 Å². The van der Waals surface area contributed by atoms with Crippen LogP contribution < -0.4 is 11.1 Å². The summed E-state index contributed by atoms with van der Waals surface area (Å²) in [7, 11) is 0. The summed E-state index contributed by atoms with van der Waals surface area (Å²) in [6.07, 6.45) is 0. The third-order valence-electron chi connectivity index (χ3n) is 1.58. The molecule has 0 bridgehead atoms. The number of carbonyl (C=O) groups excluding carboxylic acids is 1. The van der Waals surface area contributed by atoms with Crippen LogP contribution in [-0.2, 0) is 4.79 Å². The van der Waals surface area contributed by atoms with E-state index in [1.807, 2.05) is 0 Å². The molecule has 0 aromatic heterocycles. The first-order chi connectivity index (χ1) is 6.50. The SMILES string of the molecule is CC(=O)Nc1ccc(N)cc1C(=O)O. The van der Waals surface area contributed by atoms with Crippen molar-refractivity contribution >= 4 is 23.3 Å². The normalized spacial score (nSPS) is 9.50. The fraction of sp³-hybridized carbons (Fsp3) is 0.111. The molecule has 1 amide bonds. The van der Waals surface area contributed by atoms with Gasteiger partial charge in [0.05, 0.1) is 11.3 Å². The summed E-state index contributed by atoms with van der Waals surface area (Å²) < 4.78 is 0. The number of hydrogen-bond acceptors (Lipinski definition) is 3. The summed E-state index contributed by atoms with van der Waals surface area (Å²) in [5, 5.41) is 11.2. The first-order valence-corrected chi connectivity index (χ1v) is 3.91. The maximum absolute atomic E-state index is 10.7. The highest BCUT2D eigenvalue weighted by atomic mass is 16.4. The highest BCUT2D eigenvalue weighted by Crippen LogP contribution is 2.18. The summed E-state index contributed by atoms with van der Waals surface area (Å²) in [5.74, 6) is -1.45. The Bertz CT molecular complexity index is 388. The van der Waals surface area contributed by atoms with Gasteiger partial charge in [0.25, 0.3) is 0 Å². The fourth-order valence-electron chi connectivity index (χ4n) is 1.04. The van der Waals surface area contributed by atoms with Crippen molar-refractivity contribution in [1.29, 1.82) is 0 Å². The number of aromatic carboxylic acids is 1. The Morgan fingerprint density at radius 3 is 2.57 bits per heavy atom. The number of nitrogen functional groups attached to an aromatic ring is 1. The molecule has 1 aromatic carbocycles. The van der Waals surface area contributed by atoms with Gasteiger partial charge in [-0.1, -0.05) is 0 Å². The Morgan fingerprint density at radius 1 is 1.43 bits per heavy atom. The van der Waals surface area contributed by atoms with Crippen LogP contribution in [0, 0.1) is 0 Å². The Balaban J connectivity index is 3.14. The molecule has 0 aliphatic carbocycles. The lowest BCUT2D eigenvalue weighted by Crippen LogP contribution is -2.11. The highest BCUT2D eigenvalue weighted by Gasteiger charge is 2.10. The van der Waals surface area contributed by atoms with Gasteiger partial charge in [-0.25, -0.2) is 4.79 Å². The van der Waals surface area contributed by atoms with Crippen LogP contribution in [0.25, 0.3) is 0 Å². The molecule has 0 fully saturated rings. The largest absolute Gasteiger partial charge is 0.478 e. The summed E-state index contributed by atoms with van der Waals surface area (Å²) in [6, 6.07) is 4.28. The van der Waals surface area contributed by atoms with Crippen LogP contribution in [0.3, 0.4) is 0 Å². The zero-order chi connectivity index (χ0) is 10.7. The molecule has 5 heteroatoms. The highest BCUT2D eigenvalue weighted by molar-refractivity contribution is 6.00. The van der Waals surface area contributed by atoms with Crippen molar-refractivity contribution in [2.75, 3.05) is 11.1 Å². The van der Waals surface area contributed by atoms with E-state index in [1.165, 1.54) is 25.1 Å². The average molecular weight is 194 g/mol. The Labute approximate surface area is 80.5 Å². The van der Waals surface area contributed by atoms with Crippen molar-refractivity contribution in [3.63, 3.8) is 0 Å². The topological polar surface area (TPSA) is 92.4 Å². The molecule has 0 unspecified atom stereocenters. The molecule has 0 spiro atoms. The lowest BCUT2D eigenvalue weighted by atomic mass is 10.1. The smallest absolute Gasteiger partial charge is 0.337 e. The average Bonchev–Trinajstić information content (AvgIpc) is 2.07. The lowest BCUT2D eigenvalue weighted by Gasteiger charge is -2.06. The van der Waals surface area contributed by atoms with Crippen molar-refractivity contribution in [2.24, 2.45) is 0 Å². The van der Waals surface area contributed by atoms with Crippen molar-refractivity contribution in [2.45, 2.75) is 6.92 Å². The summed E-state index contributed by atoms with van der Waals surface area (Å²) in [6.45, 7) is 1.31. The number of carboxylic acid groups (broad SMARTS) is 1.